The first-order valence-corrected chi connectivity index (χ1v) is 4.53. The van der Waals surface area contributed by atoms with Crippen LogP contribution in [0.5, 0.6) is 5.75 Å². The highest BCUT2D eigenvalue weighted by Gasteiger charge is 2.16. The predicted octanol–water partition coefficient (Wildman–Crippen LogP) is 1.27. The number of hydrogen-bond donors (Lipinski definition) is 1. The van der Waals surface area contributed by atoms with Gasteiger partial charge >= 0.3 is 11.9 Å². The van der Waals surface area contributed by atoms with Crippen molar-refractivity contribution in [2.75, 3.05) is 0 Å². The van der Waals surface area contributed by atoms with Crippen LogP contribution in [-0.2, 0) is 9.59 Å². The maximum Gasteiger partial charge on any atom is 0.311 e. The molecule has 0 unspecified atom stereocenters. The second kappa shape index (κ2) is 5.06. The molecule has 1 rings (SSSR count). The highest BCUT2D eigenvalue weighted by molar-refractivity contribution is 6.07. The van der Waals surface area contributed by atoms with Gasteiger partial charge in [0.15, 0.2) is 5.78 Å². The van der Waals surface area contributed by atoms with Crippen molar-refractivity contribution in [1.29, 1.82) is 0 Å². The van der Waals surface area contributed by atoms with Gasteiger partial charge in [0.25, 0.3) is 0 Å². The van der Waals surface area contributed by atoms with Gasteiger partial charge in [-0.25, -0.2) is 0 Å². The maximum atomic E-state index is 11.5. The third-order valence-corrected chi connectivity index (χ3v) is 1.75. The molecule has 0 spiro atoms. The average molecular weight is 222 g/mol. The van der Waals surface area contributed by atoms with Crippen LogP contribution in [0.25, 0.3) is 0 Å². The van der Waals surface area contributed by atoms with Crippen molar-refractivity contribution >= 4 is 17.7 Å². The van der Waals surface area contributed by atoms with Crippen molar-refractivity contribution in [3.8, 4) is 5.75 Å². The van der Waals surface area contributed by atoms with Crippen molar-refractivity contribution in [3.63, 3.8) is 0 Å². The second-order valence-electron chi connectivity index (χ2n) is 3.08. The maximum absolute atomic E-state index is 11.5. The van der Waals surface area contributed by atoms with Crippen LogP contribution in [0, 0.1) is 0 Å². The molecule has 0 aromatic heterocycles. The number of para-hydroxylation sites is 1. The smallest absolute Gasteiger partial charge is 0.311 e. The third kappa shape index (κ3) is 3.20. The Morgan fingerprint density at radius 2 is 1.88 bits per heavy atom. The summed E-state index contributed by atoms with van der Waals surface area (Å²) in [5.41, 5.74) is 0.0973. The summed E-state index contributed by atoms with van der Waals surface area (Å²) >= 11 is 0. The van der Waals surface area contributed by atoms with E-state index in [1.54, 1.807) is 12.1 Å². The van der Waals surface area contributed by atoms with E-state index >= 15 is 0 Å². The average Bonchev–Trinajstić information content (AvgIpc) is 2.16. The number of carboxylic acids is 1. The number of carbonyl (C=O) groups is 3. The zero-order chi connectivity index (χ0) is 12.1. The molecule has 0 aliphatic carbocycles. The van der Waals surface area contributed by atoms with E-state index in [2.05, 4.69) is 0 Å². The molecule has 1 aromatic rings. The first-order valence-electron chi connectivity index (χ1n) is 4.53. The third-order valence-electron chi connectivity index (χ3n) is 1.75. The molecule has 0 aliphatic heterocycles. The van der Waals surface area contributed by atoms with Crippen LogP contribution in [0.2, 0.25) is 0 Å². The molecule has 0 fully saturated rings. The molecular formula is C11H10O5. The van der Waals surface area contributed by atoms with E-state index in [0.29, 0.717) is 0 Å². The Kier molecular flexibility index (Phi) is 3.77. The monoisotopic (exact) mass is 222 g/mol. The topological polar surface area (TPSA) is 80.7 Å². The van der Waals surface area contributed by atoms with E-state index in [9.17, 15) is 14.4 Å². The lowest BCUT2D eigenvalue weighted by atomic mass is 10.1. The van der Waals surface area contributed by atoms with E-state index < -0.39 is 24.1 Å². The van der Waals surface area contributed by atoms with E-state index in [1.807, 2.05) is 0 Å². The number of ether oxygens (including phenoxy) is 1. The minimum atomic E-state index is -1.22. The van der Waals surface area contributed by atoms with Crippen LogP contribution < -0.4 is 4.74 Å². The number of Topliss-reactive ketones (excluding diaryl/α,β-unsaturated/α-hetero) is 1. The van der Waals surface area contributed by atoms with Crippen LogP contribution in [0.15, 0.2) is 24.3 Å². The number of benzene rings is 1. The molecule has 0 saturated carbocycles. The van der Waals surface area contributed by atoms with E-state index in [1.165, 1.54) is 19.1 Å². The quantitative estimate of drug-likeness (QED) is 0.359. The van der Waals surface area contributed by atoms with Gasteiger partial charge in [-0.3, -0.25) is 14.4 Å². The molecule has 1 aromatic carbocycles. The summed E-state index contributed by atoms with van der Waals surface area (Å²) in [6, 6.07) is 6.03. The lowest BCUT2D eigenvalue weighted by molar-refractivity contribution is -0.136. The number of carbonyl (C=O) groups excluding carboxylic acids is 2. The van der Waals surface area contributed by atoms with Gasteiger partial charge in [-0.05, 0) is 12.1 Å². The molecule has 0 aliphatic rings. The summed E-state index contributed by atoms with van der Waals surface area (Å²) in [6.07, 6.45) is -0.627. The first kappa shape index (κ1) is 11.9. The van der Waals surface area contributed by atoms with Gasteiger partial charge in [0.1, 0.15) is 12.2 Å². The normalized spacial score (nSPS) is 9.56. The van der Waals surface area contributed by atoms with E-state index in [-0.39, 0.29) is 11.3 Å². The van der Waals surface area contributed by atoms with Crippen LogP contribution in [-0.4, -0.2) is 22.8 Å². The van der Waals surface area contributed by atoms with Gasteiger partial charge < -0.3 is 9.84 Å². The Labute approximate surface area is 91.6 Å². The number of esters is 1. The predicted molar refractivity (Wildman–Crippen MR) is 54.3 cm³/mol. The molecule has 5 nitrogen and oxygen atoms in total. The van der Waals surface area contributed by atoms with Gasteiger partial charge in [0.05, 0.1) is 5.56 Å². The summed E-state index contributed by atoms with van der Waals surface area (Å²) in [6.45, 7) is 1.21. The number of carboxylic acid groups (broad SMARTS) is 1. The SMILES string of the molecule is CC(=O)Oc1ccccc1C(=O)CC(=O)O. The minimum absolute atomic E-state index is 0.0845. The molecule has 0 saturated heterocycles. The lowest BCUT2D eigenvalue weighted by Gasteiger charge is -2.06. The van der Waals surface area contributed by atoms with Gasteiger partial charge in [-0.2, -0.15) is 0 Å². The summed E-state index contributed by atoms with van der Waals surface area (Å²) < 4.78 is 4.80. The molecule has 0 heterocycles. The molecule has 84 valence electrons. The Balaban J connectivity index is 2.98. The largest absolute Gasteiger partial charge is 0.481 e. The number of aliphatic carboxylic acids is 1. The van der Waals surface area contributed by atoms with Crippen LogP contribution in [0.4, 0.5) is 0 Å². The van der Waals surface area contributed by atoms with Gasteiger partial charge in [-0.15, -0.1) is 0 Å². The zero-order valence-electron chi connectivity index (χ0n) is 8.60. The lowest BCUT2D eigenvalue weighted by Crippen LogP contribution is -2.10. The molecule has 0 bridgehead atoms. The van der Waals surface area contributed by atoms with Crippen molar-refractivity contribution < 1.29 is 24.2 Å². The summed E-state index contributed by atoms with van der Waals surface area (Å²) in [7, 11) is 0. The van der Waals surface area contributed by atoms with Gasteiger partial charge in [0, 0.05) is 6.92 Å². The van der Waals surface area contributed by atoms with Crippen LogP contribution in [0.1, 0.15) is 23.7 Å². The molecule has 16 heavy (non-hydrogen) atoms. The highest BCUT2D eigenvalue weighted by atomic mass is 16.5. The fourth-order valence-corrected chi connectivity index (χ4v) is 1.17. The Bertz CT molecular complexity index is 436. The molecular weight excluding hydrogens is 212 g/mol. The van der Waals surface area contributed by atoms with Crippen molar-refractivity contribution in [2.45, 2.75) is 13.3 Å². The van der Waals surface area contributed by atoms with E-state index in [4.69, 9.17) is 9.84 Å². The fourth-order valence-electron chi connectivity index (χ4n) is 1.17. The minimum Gasteiger partial charge on any atom is -0.481 e. The number of ketones is 1. The highest BCUT2D eigenvalue weighted by Crippen LogP contribution is 2.19. The Morgan fingerprint density at radius 1 is 1.25 bits per heavy atom. The van der Waals surface area contributed by atoms with Crippen molar-refractivity contribution in [3.05, 3.63) is 29.8 Å². The molecule has 0 amide bonds. The summed E-state index contributed by atoms with van der Waals surface area (Å²) in [5, 5.41) is 8.49. The van der Waals surface area contributed by atoms with Crippen molar-refractivity contribution in [2.24, 2.45) is 0 Å². The van der Waals surface area contributed by atoms with Crippen LogP contribution >= 0.6 is 0 Å². The van der Waals surface area contributed by atoms with Crippen LogP contribution in [0.3, 0.4) is 0 Å². The standard InChI is InChI=1S/C11H10O5/c1-7(12)16-10-5-3-2-4-8(10)9(13)6-11(14)15/h2-5H,6H2,1H3,(H,14,15). The Morgan fingerprint density at radius 3 is 2.44 bits per heavy atom. The molecule has 1 N–H and O–H groups in total. The number of hydrogen-bond acceptors (Lipinski definition) is 4. The fraction of sp³-hybridized carbons (Fsp3) is 0.182. The molecule has 0 radical (unpaired) electrons. The van der Waals surface area contributed by atoms with Gasteiger partial charge in [-0.1, -0.05) is 12.1 Å². The zero-order valence-corrected chi connectivity index (χ0v) is 8.60. The van der Waals surface area contributed by atoms with Crippen molar-refractivity contribution in [1.82, 2.24) is 0 Å². The number of rotatable bonds is 4. The second-order valence-corrected chi connectivity index (χ2v) is 3.08. The van der Waals surface area contributed by atoms with E-state index in [0.717, 1.165) is 0 Å². The molecule has 0 atom stereocenters. The Hall–Kier alpha value is -2.17. The van der Waals surface area contributed by atoms with Gasteiger partial charge in [0.2, 0.25) is 0 Å². The molecule has 5 heteroatoms. The first-order chi connectivity index (χ1) is 7.50. The summed E-state index contributed by atoms with van der Waals surface area (Å²) in [5.74, 6) is -2.29. The summed E-state index contributed by atoms with van der Waals surface area (Å²) in [4.78, 5) is 32.6.